The molecule has 0 amide bonds. The van der Waals surface area contributed by atoms with Gasteiger partial charge in [0.15, 0.2) is 17.7 Å². The molecule has 0 bridgehead atoms. The van der Waals surface area contributed by atoms with Crippen LogP contribution in [0.15, 0.2) is 17.8 Å². The first-order valence-corrected chi connectivity index (χ1v) is 7.88. The van der Waals surface area contributed by atoms with E-state index >= 15 is 0 Å². The van der Waals surface area contributed by atoms with Crippen LogP contribution in [0.25, 0.3) is 11.2 Å². The maximum Gasteiger partial charge on any atom is 0.214 e. The van der Waals surface area contributed by atoms with E-state index in [0.717, 1.165) is 0 Å². The highest BCUT2D eigenvalue weighted by Crippen LogP contribution is 2.34. The average molecular weight is 323 g/mol. The number of ether oxygens (including phenoxy) is 1. The molecule has 0 radical (unpaired) electrons. The van der Waals surface area contributed by atoms with Crippen LogP contribution >= 0.6 is 11.8 Å². The molecule has 1 aliphatic rings. The minimum atomic E-state index is -0.858. The molecule has 4 atom stereocenters. The molecule has 1 saturated heterocycles. The van der Waals surface area contributed by atoms with Gasteiger partial charge in [0.2, 0.25) is 11.0 Å². The maximum absolute atomic E-state index is 10.3. The Bertz CT molecular complexity index is 730. The lowest BCUT2D eigenvalue weighted by molar-refractivity contribution is -0.00506. The zero-order chi connectivity index (χ0) is 15.7. The topological polar surface area (TPSA) is 149 Å². The van der Waals surface area contributed by atoms with Crippen LogP contribution < -0.4 is 10.6 Å². The predicted molar refractivity (Wildman–Crippen MR) is 79.1 cm³/mol. The van der Waals surface area contributed by atoms with Crippen LogP contribution in [0, 0.1) is 5.53 Å². The van der Waals surface area contributed by atoms with E-state index in [-0.39, 0.29) is 5.82 Å². The third kappa shape index (κ3) is 2.33. The highest BCUT2D eigenvalue weighted by atomic mass is 32.2. The van der Waals surface area contributed by atoms with Gasteiger partial charge in [-0.1, -0.05) is 0 Å². The van der Waals surface area contributed by atoms with Gasteiger partial charge in [-0.2, -0.15) is 11.8 Å². The standard InChI is InChI=1S/C11H15N8O2S/c1-22-2-5-8(20)6(17-18-13)11(21-5)19-4-16-7-9(12)14-3-15-10(7)19/h3-6,8,11,13,20H,2H2,1H3,(H2,12,14,15)/q+1/t5-,6-,8-,11-/m1/s1. The third-order valence-corrected chi connectivity index (χ3v) is 4.18. The molecule has 4 N–H and O–H groups in total. The van der Waals surface area contributed by atoms with Crippen LogP contribution in [0.1, 0.15) is 6.23 Å². The van der Waals surface area contributed by atoms with Crippen molar-refractivity contribution in [3.8, 4) is 0 Å². The molecule has 116 valence electrons. The maximum atomic E-state index is 10.3. The molecule has 11 heteroatoms. The van der Waals surface area contributed by atoms with Gasteiger partial charge in [-0.3, -0.25) is 4.57 Å². The van der Waals surface area contributed by atoms with Gasteiger partial charge in [0.25, 0.3) is 0 Å². The molecule has 0 aromatic carbocycles. The molecule has 22 heavy (non-hydrogen) atoms. The van der Waals surface area contributed by atoms with Crippen molar-refractivity contribution in [2.75, 3.05) is 17.7 Å². The van der Waals surface area contributed by atoms with Crippen molar-refractivity contribution in [1.29, 1.82) is 5.53 Å². The van der Waals surface area contributed by atoms with E-state index in [1.165, 1.54) is 12.7 Å². The van der Waals surface area contributed by atoms with Gasteiger partial charge in [0, 0.05) is 5.75 Å². The third-order valence-electron chi connectivity index (χ3n) is 3.52. The normalized spacial score (nSPS) is 27.9. The van der Waals surface area contributed by atoms with Crippen LogP contribution in [-0.4, -0.2) is 54.9 Å². The zero-order valence-electron chi connectivity index (χ0n) is 11.7. The number of imidazole rings is 1. The number of nitrogens with two attached hydrogens (primary N) is 1. The summed E-state index contributed by atoms with van der Waals surface area (Å²) in [5.74, 6) is 0.868. The van der Waals surface area contributed by atoms with Crippen molar-refractivity contribution in [2.45, 2.75) is 24.5 Å². The Balaban J connectivity index is 2.04. The summed E-state index contributed by atoms with van der Waals surface area (Å²) in [6.07, 6.45) is 2.85. The molecule has 1 aliphatic heterocycles. The molecule has 10 nitrogen and oxygen atoms in total. The van der Waals surface area contributed by atoms with Crippen LogP contribution in [-0.2, 0) is 4.74 Å². The number of aliphatic hydroxyl groups is 1. The minimum Gasteiger partial charge on any atom is -0.388 e. The molecule has 2 aromatic heterocycles. The Kier molecular flexibility index (Phi) is 4.03. The summed E-state index contributed by atoms with van der Waals surface area (Å²) in [6, 6.07) is -0.705. The number of nitrogen functional groups attached to an aromatic ring is 1. The van der Waals surface area contributed by atoms with Gasteiger partial charge < -0.3 is 15.6 Å². The molecular weight excluding hydrogens is 308 g/mol. The number of nitrogens with one attached hydrogen (secondary N) is 1. The van der Waals surface area contributed by atoms with Gasteiger partial charge in [-0.25, -0.2) is 15.0 Å². The molecule has 1 fully saturated rings. The summed E-state index contributed by atoms with van der Waals surface area (Å²) in [7, 11) is 0. The number of thioether (sulfide) groups is 1. The number of fused-ring (bicyclic) bond motifs is 1. The highest BCUT2D eigenvalue weighted by molar-refractivity contribution is 7.98. The molecule has 3 rings (SSSR count). The van der Waals surface area contributed by atoms with Crippen LogP contribution in [0.2, 0.25) is 0 Å². The Morgan fingerprint density at radius 3 is 3.09 bits per heavy atom. The molecule has 0 saturated carbocycles. The monoisotopic (exact) mass is 323 g/mol. The van der Waals surface area contributed by atoms with Gasteiger partial charge in [0.05, 0.1) is 12.4 Å². The van der Waals surface area contributed by atoms with Gasteiger partial charge in [0.1, 0.15) is 28.6 Å². The van der Waals surface area contributed by atoms with E-state index in [0.29, 0.717) is 16.9 Å². The molecule has 2 aromatic rings. The molecule has 0 unspecified atom stereocenters. The number of anilines is 1. The van der Waals surface area contributed by atoms with Gasteiger partial charge in [-0.15, -0.1) is 0 Å². The van der Waals surface area contributed by atoms with Crippen LogP contribution in [0.5, 0.6) is 0 Å². The van der Waals surface area contributed by atoms with E-state index in [1.54, 1.807) is 16.3 Å². The molecule has 0 spiro atoms. The highest BCUT2D eigenvalue weighted by Gasteiger charge is 2.48. The number of aromatic nitrogens is 4. The molecular formula is C11H15N8O2S+. The van der Waals surface area contributed by atoms with Crippen molar-refractivity contribution in [3.05, 3.63) is 12.7 Å². The lowest BCUT2D eigenvalue weighted by Gasteiger charge is -2.14. The number of hydrogen-bond donors (Lipinski definition) is 3. The Morgan fingerprint density at radius 2 is 2.36 bits per heavy atom. The number of aliphatic hydroxyl groups excluding tert-OH is 1. The first kappa shape index (κ1) is 14.9. The summed E-state index contributed by atoms with van der Waals surface area (Å²) in [5.41, 5.74) is 13.7. The second-order valence-corrected chi connectivity index (χ2v) is 5.71. The van der Waals surface area contributed by atoms with E-state index in [1.807, 2.05) is 6.26 Å². The van der Waals surface area contributed by atoms with E-state index < -0.39 is 24.5 Å². The smallest absolute Gasteiger partial charge is 0.214 e. The van der Waals surface area contributed by atoms with Crippen molar-refractivity contribution >= 4 is 28.7 Å². The van der Waals surface area contributed by atoms with Crippen molar-refractivity contribution in [3.63, 3.8) is 0 Å². The quantitative estimate of drug-likeness (QED) is 0.527. The first-order chi connectivity index (χ1) is 10.7. The summed E-state index contributed by atoms with van der Waals surface area (Å²) < 4.78 is 7.52. The average Bonchev–Trinajstić information content (AvgIpc) is 3.05. The summed E-state index contributed by atoms with van der Waals surface area (Å²) in [4.78, 5) is 15.3. The lowest BCUT2D eigenvalue weighted by atomic mass is 10.1. The zero-order valence-corrected chi connectivity index (χ0v) is 12.5. The van der Waals surface area contributed by atoms with Gasteiger partial charge in [-0.05, 0) is 6.26 Å². The Hall–Kier alpha value is -2.07. The Labute approximate surface area is 129 Å². The Morgan fingerprint density at radius 1 is 1.55 bits per heavy atom. The molecule has 3 heterocycles. The minimum absolute atomic E-state index is 0.265. The second-order valence-electron chi connectivity index (χ2n) is 4.80. The fourth-order valence-corrected chi connectivity index (χ4v) is 3.11. The van der Waals surface area contributed by atoms with Crippen molar-refractivity contribution < 1.29 is 9.84 Å². The number of hydrogen-bond acceptors (Lipinski definition) is 9. The number of rotatable bonds is 4. The predicted octanol–water partition coefficient (Wildman–Crippen LogP) is -0.0512. The fourth-order valence-electron chi connectivity index (χ4n) is 2.51. The van der Waals surface area contributed by atoms with Crippen molar-refractivity contribution in [1.82, 2.24) is 24.4 Å². The summed E-state index contributed by atoms with van der Waals surface area (Å²) in [5, 5.41) is 14.1. The lowest BCUT2D eigenvalue weighted by Crippen LogP contribution is -2.31. The van der Waals surface area contributed by atoms with Crippen molar-refractivity contribution in [2.24, 2.45) is 5.11 Å². The largest absolute Gasteiger partial charge is 0.388 e. The van der Waals surface area contributed by atoms with Gasteiger partial charge >= 0.3 is 0 Å². The van der Waals surface area contributed by atoms with E-state index in [4.69, 9.17) is 16.0 Å². The summed E-state index contributed by atoms with van der Waals surface area (Å²) >= 11 is 1.55. The fraction of sp³-hybridized carbons (Fsp3) is 0.545. The SMILES string of the molecule is CSC[C@H]1O[C@@H](n2cnc3c(N)ncnc32)[C@H](N=[N+]=N)[C@@H]1O. The van der Waals surface area contributed by atoms with Crippen LogP contribution in [0.4, 0.5) is 5.82 Å². The first-order valence-electron chi connectivity index (χ1n) is 6.49. The van der Waals surface area contributed by atoms with E-state index in [9.17, 15) is 5.11 Å². The summed E-state index contributed by atoms with van der Waals surface area (Å²) in [6.45, 7) is 0. The second kappa shape index (κ2) is 5.97. The van der Waals surface area contributed by atoms with E-state index in [2.05, 4.69) is 25.0 Å². The number of nitrogens with zero attached hydrogens (tertiary/aromatic N) is 6. The molecule has 0 aliphatic carbocycles. The van der Waals surface area contributed by atoms with Crippen LogP contribution in [0.3, 0.4) is 0 Å².